The van der Waals surface area contributed by atoms with Crippen LogP contribution in [0, 0.1) is 0 Å². The molecule has 1 unspecified atom stereocenters. The topological polar surface area (TPSA) is 55.8 Å². The molecule has 2 N–H and O–H groups in total. The van der Waals surface area contributed by atoms with Gasteiger partial charge in [-0.05, 0) is 27.8 Å². The molecule has 0 aromatic carbocycles. The van der Waals surface area contributed by atoms with E-state index in [-0.39, 0.29) is 0 Å². The van der Waals surface area contributed by atoms with Gasteiger partial charge in [-0.1, -0.05) is 0 Å². The van der Waals surface area contributed by atoms with Gasteiger partial charge in [0, 0.05) is 38.8 Å². The number of nitrogens with one attached hydrogen (secondary N) is 1. The molecule has 1 atom stereocenters. The highest BCUT2D eigenvalue weighted by molar-refractivity contribution is 5.78. The lowest BCUT2D eigenvalue weighted by Gasteiger charge is -2.40. The van der Waals surface area contributed by atoms with E-state index in [4.69, 9.17) is 0 Å². The van der Waals surface area contributed by atoms with Gasteiger partial charge >= 0.3 is 5.97 Å². The molecule has 1 heterocycles. The van der Waals surface area contributed by atoms with Crippen molar-refractivity contribution in [3.63, 3.8) is 0 Å². The van der Waals surface area contributed by atoms with Crippen molar-refractivity contribution >= 4 is 5.97 Å². The summed E-state index contributed by atoms with van der Waals surface area (Å²) in [5, 5.41) is 12.1. The summed E-state index contributed by atoms with van der Waals surface area (Å²) in [7, 11) is 1.71. The van der Waals surface area contributed by atoms with Crippen LogP contribution in [0.1, 0.15) is 20.8 Å². The molecule has 5 nitrogen and oxygen atoms in total. The normalized spacial score (nSPS) is 22.6. The summed E-state index contributed by atoms with van der Waals surface area (Å²) in [5.41, 5.74) is -0.847. The van der Waals surface area contributed by atoms with Gasteiger partial charge in [0.25, 0.3) is 0 Å². The van der Waals surface area contributed by atoms with Gasteiger partial charge in [0.05, 0.1) is 0 Å². The van der Waals surface area contributed by atoms with Gasteiger partial charge in [-0.2, -0.15) is 0 Å². The molecule has 0 amide bonds. The Morgan fingerprint density at radius 1 is 1.35 bits per heavy atom. The number of carbonyl (C=O) groups is 1. The van der Waals surface area contributed by atoms with Crippen molar-refractivity contribution in [1.29, 1.82) is 0 Å². The molecule has 5 heteroatoms. The maximum Gasteiger partial charge on any atom is 0.324 e. The third-order valence-corrected chi connectivity index (χ3v) is 3.70. The van der Waals surface area contributed by atoms with Crippen LogP contribution < -0.4 is 5.32 Å². The molecular formula is C12H25N3O2. The minimum atomic E-state index is -0.847. The SMILES string of the molecule is CNC(C)(CN1CCN(C(C)C)CC1)C(=O)O. The van der Waals surface area contributed by atoms with Crippen LogP contribution >= 0.6 is 0 Å². The van der Waals surface area contributed by atoms with Gasteiger partial charge < -0.3 is 10.4 Å². The lowest BCUT2D eigenvalue weighted by molar-refractivity contribution is -0.145. The quantitative estimate of drug-likeness (QED) is 0.716. The second-order valence-corrected chi connectivity index (χ2v) is 5.29. The molecule has 0 aliphatic carbocycles. The molecule has 0 saturated carbocycles. The van der Waals surface area contributed by atoms with E-state index in [1.165, 1.54) is 0 Å². The Bertz CT molecular complexity index is 262. The largest absolute Gasteiger partial charge is 0.480 e. The Balaban J connectivity index is 2.47. The molecule has 0 radical (unpaired) electrons. The van der Waals surface area contributed by atoms with Gasteiger partial charge in [-0.3, -0.25) is 14.6 Å². The van der Waals surface area contributed by atoms with Crippen LogP contribution in [0.5, 0.6) is 0 Å². The van der Waals surface area contributed by atoms with Gasteiger partial charge in [0.1, 0.15) is 5.54 Å². The highest BCUT2D eigenvalue weighted by Crippen LogP contribution is 2.11. The number of carboxylic acid groups (broad SMARTS) is 1. The molecule has 1 aliphatic rings. The maximum absolute atomic E-state index is 11.2. The number of aliphatic carboxylic acids is 1. The smallest absolute Gasteiger partial charge is 0.324 e. The molecule has 1 fully saturated rings. The fraction of sp³-hybridized carbons (Fsp3) is 0.917. The number of hydrogen-bond acceptors (Lipinski definition) is 4. The summed E-state index contributed by atoms with van der Waals surface area (Å²) < 4.78 is 0. The summed E-state index contributed by atoms with van der Waals surface area (Å²) >= 11 is 0. The van der Waals surface area contributed by atoms with E-state index in [1.54, 1.807) is 14.0 Å². The van der Waals surface area contributed by atoms with E-state index < -0.39 is 11.5 Å². The highest BCUT2D eigenvalue weighted by atomic mass is 16.4. The van der Waals surface area contributed by atoms with Crippen LogP contribution in [0.2, 0.25) is 0 Å². The molecule has 0 aromatic rings. The van der Waals surface area contributed by atoms with Crippen molar-refractivity contribution in [1.82, 2.24) is 15.1 Å². The first-order chi connectivity index (χ1) is 7.89. The molecule has 1 rings (SSSR count). The van der Waals surface area contributed by atoms with E-state index in [0.29, 0.717) is 12.6 Å². The van der Waals surface area contributed by atoms with Crippen molar-refractivity contribution in [2.75, 3.05) is 39.8 Å². The summed E-state index contributed by atoms with van der Waals surface area (Å²) in [6.45, 7) is 10.6. The number of nitrogens with zero attached hydrogens (tertiary/aromatic N) is 2. The van der Waals surface area contributed by atoms with Crippen LogP contribution in [0.4, 0.5) is 0 Å². The minimum Gasteiger partial charge on any atom is -0.480 e. The second kappa shape index (κ2) is 5.80. The Labute approximate surface area is 104 Å². The zero-order chi connectivity index (χ0) is 13.1. The summed E-state index contributed by atoms with van der Waals surface area (Å²) in [6, 6.07) is 0.576. The second-order valence-electron chi connectivity index (χ2n) is 5.29. The summed E-state index contributed by atoms with van der Waals surface area (Å²) in [4.78, 5) is 15.8. The first-order valence-electron chi connectivity index (χ1n) is 6.28. The number of carboxylic acids is 1. The average Bonchev–Trinajstić information content (AvgIpc) is 2.29. The summed E-state index contributed by atoms with van der Waals surface area (Å²) in [5.74, 6) is -0.786. The van der Waals surface area contributed by atoms with Crippen LogP contribution in [0.3, 0.4) is 0 Å². The van der Waals surface area contributed by atoms with Crippen molar-refractivity contribution in [3.05, 3.63) is 0 Å². The van der Waals surface area contributed by atoms with Gasteiger partial charge in [-0.25, -0.2) is 0 Å². The fourth-order valence-electron chi connectivity index (χ4n) is 2.14. The molecule has 0 aromatic heterocycles. The molecule has 100 valence electrons. The highest BCUT2D eigenvalue weighted by Gasteiger charge is 2.34. The molecule has 0 spiro atoms. The third-order valence-electron chi connectivity index (χ3n) is 3.70. The molecule has 0 bridgehead atoms. The van der Waals surface area contributed by atoms with E-state index in [1.807, 2.05) is 0 Å². The van der Waals surface area contributed by atoms with Crippen LogP contribution in [0.15, 0.2) is 0 Å². The van der Waals surface area contributed by atoms with Crippen molar-refractivity contribution in [2.45, 2.75) is 32.4 Å². The maximum atomic E-state index is 11.2. The zero-order valence-corrected chi connectivity index (χ0v) is 11.4. The first kappa shape index (κ1) is 14.4. The molecular weight excluding hydrogens is 218 g/mol. The van der Waals surface area contributed by atoms with Crippen molar-refractivity contribution in [2.24, 2.45) is 0 Å². The third kappa shape index (κ3) is 3.66. The van der Waals surface area contributed by atoms with E-state index >= 15 is 0 Å². The van der Waals surface area contributed by atoms with E-state index in [0.717, 1.165) is 26.2 Å². The zero-order valence-electron chi connectivity index (χ0n) is 11.4. The van der Waals surface area contributed by atoms with Crippen molar-refractivity contribution in [3.8, 4) is 0 Å². The predicted molar refractivity (Wildman–Crippen MR) is 68.2 cm³/mol. The fourth-order valence-corrected chi connectivity index (χ4v) is 2.14. The van der Waals surface area contributed by atoms with Crippen molar-refractivity contribution < 1.29 is 9.90 Å². The molecule has 17 heavy (non-hydrogen) atoms. The average molecular weight is 243 g/mol. The van der Waals surface area contributed by atoms with E-state index in [2.05, 4.69) is 29.0 Å². The Kier molecular flexibility index (Phi) is 4.91. The number of likely N-dealkylation sites (N-methyl/N-ethyl adjacent to an activating group) is 1. The predicted octanol–water partition coefficient (Wildman–Crippen LogP) is 0.0751. The molecule has 1 aliphatic heterocycles. The van der Waals surface area contributed by atoms with Gasteiger partial charge in [0.2, 0.25) is 0 Å². The Morgan fingerprint density at radius 2 is 1.88 bits per heavy atom. The van der Waals surface area contributed by atoms with Crippen LogP contribution in [0.25, 0.3) is 0 Å². The Hall–Kier alpha value is -0.650. The standard InChI is InChI=1S/C12H25N3O2/c1-10(2)15-7-5-14(6-8-15)9-12(3,13-4)11(16)17/h10,13H,5-9H2,1-4H3,(H,16,17). The van der Waals surface area contributed by atoms with Crippen LogP contribution in [-0.4, -0.2) is 72.2 Å². The first-order valence-corrected chi connectivity index (χ1v) is 6.28. The number of hydrogen-bond donors (Lipinski definition) is 2. The number of piperazine rings is 1. The monoisotopic (exact) mass is 243 g/mol. The number of rotatable bonds is 5. The summed E-state index contributed by atoms with van der Waals surface area (Å²) in [6.07, 6.45) is 0. The Morgan fingerprint density at radius 3 is 2.24 bits per heavy atom. The molecule has 1 saturated heterocycles. The van der Waals surface area contributed by atoms with Crippen LogP contribution in [-0.2, 0) is 4.79 Å². The van der Waals surface area contributed by atoms with Gasteiger partial charge in [0.15, 0.2) is 0 Å². The van der Waals surface area contributed by atoms with E-state index in [9.17, 15) is 9.90 Å². The lowest BCUT2D eigenvalue weighted by atomic mass is 10.0. The van der Waals surface area contributed by atoms with Gasteiger partial charge in [-0.15, -0.1) is 0 Å². The minimum absolute atomic E-state index is 0.560. The lowest BCUT2D eigenvalue weighted by Crippen LogP contribution is -2.59.